The predicted octanol–water partition coefficient (Wildman–Crippen LogP) is 2.36. The van der Waals surface area contributed by atoms with Crippen LogP contribution in [0.4, 0.5) is 0 Å². The van der Waals surface area contributed by atoms with Crippen LogP contribution in [0.1, 0.15) is 46.0 Å². The summed E-state index contributed by atoms with van der Waals surface area (Å²) in [6.45, 7) is 9.23. The molecular formula is C10H19BO2. The zero-order valence-corrected chi connectivity index (χ0v) is 8.68. The van der Waals surface area contributed by atoms with Gasteiger partial charge in [0.1, 0.15) is 0 Å². The standard InChI is InChI=1S/C10H19BO2/c1-4-6-7-8-10(5-2,11-3)9(12)13/h3-8H2,1-2H3,(H,12,13). The Kier molecular flexibility index (Phi) is 5.68. The van der Waals surface area contributed by atoms with Gasteiger partial charge in [-0.1, -0.05) is 0 Å². The van der Waals surface area contributed by atoms with Crippen LogP contribution in [0.25, 0.3) is 0 Å². The summed E-state index contributed by atoms with van der Waals surface area (Å²) in [5, 5.41) is 8.37. The van der Waals surface area contributed by atoms with Crippen molar-refractivity contribution in [1.29, 1.82) is 0 Å². The van der Waals surface area contributed by atoms with E-state index in [1.54, 1.807) is 6.92 Å². The van der Waals surface area contributed by atoms with E-state index in [0.29, 0.717) is 6.42 Å². The van der Waals surface area contributed by atoms with E-state index in [-0.39, 0.29) is 0 Å². The zero-order chi connectivity index (χ0) is 10.3. The number of carboxylic acid groups (broad SMARTS) is 1. The summed E-state index contributed by atoms with van der Waals surface area (Å²) in [5.74, 6) is -0.735. The molecule has 0 saturated heterocycles. The van der Waals surface area contributed by atoms with Gasteiger partial charge in [-0.05, 0) is 0 Å². The van der Waals surface area contributed by atoms with Gasteiger partial charge in [0.2, 0.25) is 0 Å². The topological polar surface area (TPSA) is 37.3 Å². The number of aliphatic carboxylic acids is 1. The van der Waals surface area contributed by atoms with E-state index >= 15 is 0 Å². The molecule has 0 aromatic rings. The molecule has 0 radical (unpaired) electrons. The molecule has 0 aliphatic rings. The van der Waals surface area contributed by atoms with Crippen LogP contribution in [0.5, 0.6) is 0 Å². The molecule has 0 rings (SSSR count). The second-order valence-corrected chi connectivity index (χ2v) is 3.48. The van der Waals surface area contributed by atoms with E-state index in [2.05, 4.69) is 13.4 Å². The summed E-state index contributed by atoms with van der Waals surface area (Å²) in [6, 6.07) is 0. The van der Waals surface area contributed by atoms with Gasteiger partial charge in [0.25, 0.3) is 0 Å². The molecule has 0 aliphatic heterocycles. The van der Waals surface area contributed by atoms with Crippen LogP contribution < -0.4 is 0 Å². The van der Waals surface area contributed by atoms with E-state index in [1.807, 2.05) is 6.92 Å². The van der Waals surface area contributed by atoms with Crippen molar-refractivity contribution in [3.8, 4) is 0 Å². The molecule has 1 N–H and O–H groups in total. The third-order valence-electron chi connectivity index (χ3n) is 2.67. The van der Waals surface area contributed by atoms with Crippen molar-refractivity contribution in [3.63, 3.8) is 0 Å². The number of hydrogen-bond donors (Lipinski definition) is 1. The Morgan fingerprint density at radius 1 is 1.46 bits per heavy atom. The molecule has 0 aromatic carbocycles. The van der Waals surface area contributed by atoms with Crippen LogP contribution >= 0.6 is 0 Å². The average molecular weight is 182 g/mol. The van der Waals surface area contributed by atoms with E-state index in [1.165, 1.54) is 0 Å². The van der Waals surface area contributed by atoms with Crippen LogP contribution in [-0.2, 0) is 4.79 Å². The molecule has 13 heavy (non-hydrogen) atoms. The van der Waals surface area contributed by atoms with Gasteiger partial charge in [-0.15, -0.1) is 0 Å². The Morgan fingerprint density at radius 3 is 2.38 bits per heavy atom. The SMILES string of the molecule is C=BC(CC)(CCCCC)C(=O)O. The fourth-order valence-electron chi connectivity index (χ4n) is 1.46. The summed E-state index contributed by atoms with van der Waals surface area (Å²) in [7, 11) is 0. The summed E-state index contributed by atoms with van der Waals surface area (Å²) < 4.78 is 0. The zero-order valence-electron chi connectivity index (χ0n) is 8.68. The van der Waals surface area contributed by atoms with Crippen LogP contribution in [0.3, 0.4) is 0 Å². The fourth-order valence-corrected chi connectivity index (χ4v) is 1.46. The summed E-state index contributed by atoms with van der Waals surface area (Å²) in [5.41, 5.74) is 0. The fraction of sp³-hybridized carbons (Fsp3) is 0.800. The Hall–Kier alpha value is -0.595. The van der Waals surface area contributed by atoms with Crippen LogP contribution in [0.2, 0.25) is 5.31 Å². The van der Waals surface area contributed by atoms with Crippen LogP contribution in [-0.4, -0.2) is 24.5 Å². The summed E-state index contributed by atoms with van der Waals surface area (Å²) in [4.78, 5) is 11.0. The minimum absolute atomic E-state index is 0.634. The Balaban J connectivity index is 4.22. The second-order valence-electron chi connectivity index (χ2n) is 3.48. The second kappa shape index (κ2) is 5.95. The van der Waals surface area contributed by atoms with Crippen molar-refractivity contribution in [3.05, 3.63) is 0 Å². The van der Waals surface area contributed by atoms with Gasteiger partial charge < -0.3 is 0 Å². The number of unbranched alkanes of at least 4 members (excludes halogenated alkanes) is 2. The monoisotopic (exact) mass is 182 g/mol. The molecule has 0 heterocycles. The molecule has 0 aliphatic carbocycles. The quantitative estimate of drug-likeness (QED) is 0.484. The molecule has 3 heteroatoms. The number of rotatable bonds is 7. The van der Waals surface area contributed by atoms with Gasteiger partial charge in [0.15, 0.2) is 0 Å². The van der Waals surface area contributed by atoms with Crippen molar-refractivity contribution in [2.24, 2.45) is 0 Å². The maximum absolute atomic E-state index is 11.0. The van der Waals surface area contributed by atoms with E-state index in [9.17, 15) is 4.79 Å². The van der Waals surface area contributed by atoms with Gasteiger partial charge in [-0.2, -0.15) is 0 Å². The molecule has 0 bridgehead atoms. The maximum atomic E-state index is 11.0. The molecule has 1 unspecified atom stereocenters. The van der Waals surface area contributed by atoms with Gasteiger partial charge in [0, 0.05) is 0 Å². The Labute approximate surface area is 81.3 Å². The normalized spacial score (nSPS) is 14.6. The van der Waals surface area contributed by atoms with Crippen LogP contribution in [0, 0.1) is 0 Å². The molecule has 74 valence electrons. The van der Waals surface area contributed by atoms with Gasteiger partial charge in [-0.3, -0.25) is 0 Å². The molecule has 0 aromatic heterocycles. The van der Waals surface area contributed by atoms with Crippen molar-refractivity contribution in [1.82, 2.24) is 0 Å². The van der Waals surface area contributed by atoms with Crippen molar-refractivity contribution < 1.29 is 9.90 Å². The van der Waals surface area contributed by atoms with Crippen molar-refractivity contribution in [2.75, 3.05) is 0 Å². The average Bonchev–Trinajstić information content (AvgIpc) is 2.13. The van der Waals surface area contributed by atoms with E-state index < -0.39 is 11.3 Å². The first-order valence-corrected chi connectivity index (χ1v) is 5.00. The van der Waals surface area contributed by atoms with E-state index in [0.717, 1.165) is 25.7 Å². The number of carboxylic acids is 1. The van der Waals surface area contributed by atoms with Crippen LogP contribution in [0.15, 0.2) is 0 Å². The first-order valence-electron chi connectivity index (χ1n) is 5.00. The van der Waals surface area contributed by atoms with E-state index in [4.69, 9.17) is 5.11 Å². The first-order chi connectivity index (χ1) is 6.13. The first kappa shape index (κ1) is 12.4. The van der Waals surface area contributed by atoms with Crippen molar-refractivity contribution in [2.45, 2.75) is 51.3 Å². The summed E-state index contributed by atoms with van der Waals surface area (Å²) >= 11 is 0. The molecule has 1 atom stereocenters. The molecule has 2 nitrogen and oxygen atoms in total. The molecule has 0 amide bonds. The third-order valence-corrected chi connectivity index (χ3v) is 2.67. The molecule has 0 fully saturated rings. The number of carbonyl (C=O) groups is 1. The predicted molar refractivity (Wildman–Crippen MR) is 57.6 cm³/mol. The van der Waals surface area contributed by atoms with Gasteiger partial charge in [-0.25, -0.2) is 0 Å². The van der Waals surface area contributed by atoms with Crippen molar-refractivity contribution >= 4 is 19.4 Å². The third kappa shape index (κ3) is 3.33. The van der Waals surface area contributed by atoms with Gasteiger partial charge >= 0.3 is 80.5 Å². The Morgan fingerprint density at radius 2 is 2.08 bits per heavy atom. The minimum atomic E-state index is -0.735. The molecule has 0 saturated carbocycles. The number of hydrogen-bond acceptors (Lipinski definition) is 1. The van der Waals surface area contributed by atoms with Gasteiger partial charge in [0.05, 0.1) is 0 Å². The summed E-state index contributed by atoms with van der Waals surface area (Å²) in [6.07, 6.45) is 4.55. The molecule has 0 spiro atoms. The Bertz CT molecular complexity index is 180. The molecular weight excluding hydrogens is 163 g/mol.